The molecule has 5 aliphatic heterocycles. The van der Waals surface area contributed by atoms with Crippen molar-refractivity contribution in [1.82, 2.24) is 29.8 Å². The van der Waals surface area contributed by atoms with Crippen LogP contribution in [0.1, 0.15) is 69.4 Å². The normalized spacial score (nSPS) is 24.3. The number of alkyl carbamates (subject to hydrolysis) is 1. The topological polar surface area (TPSA) is 126 Å². The number of piperidine rings is 2. The Morgan fingerprint density at radius 3 is 2.31 bits per heavy atom. The van der Waals surface area contributed by atoms with Crippen LogP contribution in [-0.4, -0.2) is 168 Å². The maximum atomic E-state index is 15.1. The van der Waals surface area contributed by atoms with Crippen LogP contribution < -0.4 is 10.2 Å². The van der Waals surface area contributed by atoms with Crippen molar-refractivity contribution in [2.75, 3.05) is 104 Å². The lowest BCUT2D eigenvalue weighted by Gasteiger charge is -2.52. The fourth-order valence-corrected chi connectivity index (χ4v) is 13.7. The van der Waals surface area contributed by atoms with E-state index in [2.05, 4.69) is 20.0 Å². The van der Waals surface area contributed by atoms with Gasteiger partial charge in [-0.1, -0.05) is 31.1 Å². The number of benzene rings is 2. The fourth-order valence-electron chi connectivity index (χ4n) is 11.8. The maximum Gasteiger partial charge on any atom is 0.407 e. The van der Waals surface area contributed by atoms with Gasteiger partial charge in [0.2, 0.25) is 11.8 Å². The largest absolute Gasteiger partial charge is 0.453 e. The predicted octanol–water partition coefficient (Wildman–Crippen LogP) is 5.10. The zero-order valence-electron chi connectivity index (χ0n) is 38.5. The summed E-state index contributed by atoms with van der Waals surface area (Å²) in [5.74, 6) is -0.0168. The minimum Gasteiger partial charge on any atom is -0.453 e. The molecule has 3 amide bonds. The van der Waals surface area contributed by atoms with E-state index < -0.39 is 32.8 Å². The second-order valence-electron chi connectivity index (χ2n) is 19.8. The monoisotopic (exact) mass is 921 g/mol. The Morgan fingerprint density at radius 1 is 0.892 bits per heavy atom. The van der Waals surface area contributed by atoms with Crippen LogP contribution in [0.15, 0.2) is 59.5 Å². The van der Waals surface area contributed by atoms with Gasteiger partial charge in [-0.05, 0) is 118 Å². The van der Waals surface area contributed by atoms with Gasteiger partial charge in [0.05, 0.1) is 12.0 Å². The van der Waals surface area contributed by atoms with Gasteiger partial charge in [0.1, 0.15) is 17.2 Å². The summed E-state index contributed by atoms with van der Waals surface area (Å²) in [5, 5.41) is 2.42. The van der Waals surface area contributed by atoms with Crippen LogP contribution in [0, 0.1) is 23.6 Å². The molecule has 0 aromatic heterocycles. The Hall–Kier alpha value is -4.12. The van der Waals surface area contributed by atoms with Crippen molar-refractivity contribution in [2.24, 2.45) is 17.8 Å². The quantitative estimate of drug-likeness (QED) is 0.228. The predicted molar refractivity (Wildman–Crippen MR) is 247 cm³/mol. The van der Waals surface area contributed by atoms with E-state index in [0.29, 0.717) is 24.6 Å². The maximum absolute atomic E-state index is 15.1. The molecular formula is C49H69F2N7O6S. The number of ether oxygens (including phenoxy) is 1. The van der Waals surface area contributed by atoms with E-state index in [1.807, 2.05) is 36.2 Å². The molecule has 1 N–H and O–H groups in total. The molecule has 0 radical (unpaired) electrons. The van der Waals surface area contributed by atoms with Crippen LogP contribution in [0.5, 0.6) is 0 Å². The average Bonchev–Trinajstić information content (AvgIpc) is 3.71. The first-order chi connectivity index (χ1) is 31.2. The summed E-state index contributed by atoms with van der Waals surface area (Å²) in [6.07, 6.45) is 9.93. The van der Waals surface area contributed by atoms with Crippen molar-refractivity contribution in [3.05, 3.63) is 71.6 Å². The van der Waals surface area contributed by atoms with Gasteiger partial charge >= 0.3 is 6.09 Å². The number of alkyl halides is 1. The summed E-state index contributed by atoms with van der Waals surface area (Å²) in [6.45, 7) is 10.3. The molecule has 65 heavy (non-hydrogen) atoms. The van der Waals surface area contributed by atoms with E-state index in [-0.39, 0.29) is 66.6 Å². The third-order valence-corrected chi connectivity index (χ3v) is 17.7. The molecule has 2 aromatic carbocycles. The van der Waals surface area contributed by atoms with Crippen LogP contribution in [0.2, 0.25) is 0 Å². The lowest BCUT2D eigenvalue weighted by atomic mass is 9.58. The number of hydrogen-bond acceptors (Lipinski definition) is 10. The first-order valence-electron chi connectivity index (χ1n) is 23.9. The average molecular weight is 922 g/mol. The number of likely N-dealkylation sites (tertiary alicyclic amines) is 4. The number of hydrogen-bond donors (Lipinski definition) is 1. The smallest absolute Gasteiger partial charge is 0.407 e. The molecule has 8 rings (SSSR count). The highest BCUT2D eigenvalue weighted by Crippen LogP contribution is 2.51. The highest BCUT2D eigenvalue weighted by molar-refractivity contribution is 7.92. The number of likely N-dealkylation sites (N-methyl/N-ethyl adjacent to an activating group) is 1. The van der Waals surface area contributed by atoms with Crippen LogP contribution in [0.25, 0.3) is 0 Å². The van der Waals surface area contributed by atoms with E-state index in [4.69, 9.17) is 4.74 Å². The van der Waals surface area contributed by atoms with Crippen molar-refractivity contribution >= 4 is 33.4 Å². The first kappa shape index (κ1) is 47.4. The number of carbonyl (C=O) groups excluding carboxylic acids is 3. The fraction of sp³-hybridized carbons (Fsp3) is 0.653. The molecule has 0 bridgehead atoms. The van der Waals surface area contributed by atoms with Crippen molar-refractivity contribution in [1.29, 1.82) is 0 Å². The molecule has 1 saturated carbocycles. The standard InChI is InChI=1S/C49H69F2N7O6S/c1-35(59)53(2)34-49(39-10-7-11-40(50)25-39,44-12-8-13-45(44)52-48(61)64-3)38-17-22-55(23-18-38)26-36-27-57(28-36)42-15-16-46(37(24-42)29-56-30-41(51)31-56)65(62,63)43-32-58(33-43)47(60)14-9-21-54-19-5-4-6-20-54/h7,9-11,14-16,24-25,36,38,41,43-45H,4-6,8,12-13,17-23,26-34H2,1-3H3,(H,52,61)/b14-9+/t44-,45-,49?/m0/s1. The SMILES string of the molecule is COC(=O)N[C@H]1CCC[C@@H]1C(CN(C)C(C)=O)(c1cccc(F)c1)C1CCN(CC2CN(c3ccc(S(=O)(=O)C4CN(C(=O)/C=C/CN5CCCCC5)C4)c(CN4CC(F)C4)c3)C2)CC1. The van der Waals surface area contributed by atoms with E-state index >= 15 is 4.39 Å². The van der Waals surface area contributed by atoms with Gasteiger partial charge < -0.3 is 29.7 Å². The minimum atomic E-state index is -3.74. The molecule has 13 nitrogen and oxygen atoms in total. The van der Waals surface area contributed by atoms with Crippen LogP contribution in [-0.2, 0) is 36.1 Å². The number of carbonyl (C=O) groups is 3. The Labute approximate surface area is 384 Å². The minimum absolute atomic E-state index is 0.0261. The summed E-state index contributed by atoms with van der Waals surface area (Å²) in [7, 11) is -0.560. The summed E-state index contributed by atoms with van der Waals surface area (Å²) in [5.41, 5.74) is 1.91. The highest BCUT2D eigenvalue weighted by Gasteiger charge is 2.53. The van der Waals surface area contributed by atoms with Crippen LogP contribution in [0.4, 0.5) is 19.3 Å². The zero-order valence-corrected chi connectivity index (χ0v) is 39.3. The van der Waals surface area contributed by atoms with Crippen molar-refractivity contribution < 1.29 is 36.3 Å². The zero-order chi connectivity index (χ0) is 45.9. The number of rotatable bonds is 16. The van der Waals surface area contributed by atoms with Gasteiger partial charge in [0.25, 0.3) is 0 Å². The van der Waals surface area contributed by atoms with Crippen LogP contribution in [0.3, 0.4) is 0 Å². The third-order valence-electron chi connectivity index (χ3n) is 15.5. The Balaban J connectivity index is 0.905. The molecule has 1 unspecified atom stereocenters. The number of nitrogens with zero attached hydrogens (tertiary/aromatic N) is 6. The molecule has 2 aromatic rings. The summed E-state index contributed by atoms with van der Waals surface area (Å²) in [6, 6.07) is 12.3. The first-order valence-corrected chi connectivity index (χ1v) is 25.5. The van der Waals surface area contributed by atoms with Gasteiger partial charge in [0.15, 0.2) is 9.84 Å². The molecule has 1 aliphatic carbocycles. The summed E-state index contributed by atoms with van der Waals surface area (Å²) < 4.78 is 62.3. The lowest BCUT2D eigenvalue weighted by molar-refractivity contribution is -0.130. The van der Waals surface area contributed by atoms with Crippen molar-refractivity contribution in [2.45, 2.75) is 92.6 Å². The van der Waals surface area contributed by atoms with Crippen molar-refractivity contribution in [3.63, 3.8) is 0 Å². The highest BCUT2D eigenvalue weighted by atomic mass is 32.2. The lowest BCUT2D eigenvalue weighted by Crippen LogP contribution is -2.58. The molecule has 6 aliphatic rings. The van der Waals surface area contributed by atoms with Gasteiger partial charge in [0, 0.05) is 109 Å². The van der Waals surface area contributed by atoms with E-state index in [9.17, 15) is 27.2 Å². The van der Waals surface area contributed by atoms with Gasteiger partial charge in [-0.15, -0.1) is 0 Å². The Kier molecular flexibility index (Phi) is 14.9. The second kappa shape index (κ2) is 20.4. The molecule has 3 atom stereocenters. The van der Waals surface area contributed by atoms with Gasteiger partial charge in [-0.2, -0.15) is 0 Å². The number of sulfone groups is 1. The molecule has 5 saturated heterocycles. The number of nitrogens with one attached hydrogen (secondary N) is 1. The van der Waals surface area contributed by atoms with E-state index in [1.165, 1.54) is 32.4 Å². The molecular weight excluding hydrogens is 853 g/mol. The van der Waals surface area contributed by atoms with E-state index in [0.717, 1.165) is 95.7 Å². The van der Waals surface area contributed by atoms with Gasteiger partial charge in [-0.25, -0.2) is 22.0 Å². The number of methoxy groups -OCH3 is 1. The van der Waals surface area contributed by atoms with E-state index in [1.54, 1.807) is 41.0 Å². The van der Waals surface area contributed by atoms with Crippen molar-refractivity contribution in [3.8, 4) is 0 Å². The molecule has 0 spiro atoms. The number of halogens is 2. The second-order valence-corrected chi connectivity index (χ2v) is 22.0. The summed E-state index contributed by atoms with van der Waals surface area (Å²) >= 11 is 0. The number of amides is 3. The Morgan fingerprint density at radius 2 is 1.63 bits per heavy atom. The molecule has 356 valence electrons. The van der Waals surface area contributed by atoms with Gasteiger partial charge in [-0.3, -0.25) is 19.4 Å². The third kappa shape index (κ3) is 10.6. The molecule has 16 heteroatoms. The molecule has 5 heterocycles. The molecule has 6 fully saturated rings. The Bertz CT molecular complexity index is 2150. The summed E-state index contributed by atoms with van der Waals surface area (Å²) in [4.78, 5) is 51.0. The van der Waals surface area contributed by atoms with Crippen LogP contribution >= 0.6 is 0 Å². The number of anilines is 1.